The SMILES string of the molecule is O=S(=O)(Cl)c1cc(C(F)F)c(CBr)cn1. The molecule has 0 saturated carbocycles. The van der Waals surface area contributed by atoms with Crippen molar-refractivity contribution in [3.8, 4) is 0 Å². The van der Waals surface area contributed by atoms with Crippen LogP contribution in [0, 0.1) is 0 Å². The molecule has 0 saturated heterocycles. The maximum atomic E-state index is 12.5. The van der Waals surface area contributed by atoms with E-state index in [9.17, 15) is 17.2 Å². The predicted molar refractivity (Wildman–Crippen MR) is 54.9 cm³/mol. The van der Waals surface area contributed by atoms with Crippen LogP contribution >= 0.6 is 26.6 Å². The van der Waals surface area contributed by atoms with E-state index in [0.29, 0.717) is 0 Å². The van der Waals surface area contributed by atoms with Crippen LogP contribution in [-0.4, -0.2) is 13.4 Å². The molecule has 8 heteroatoms. The molecular weight excluding hydrogens is 316 g/mol. The molecule has 0 amide bonds. The molecule has 0 radical (unpaired) electrons. The molecule has 1 rings (SSSR count). The first-order valence-electron chi connectivity index (χ1n) is 3.64. The Hall–Kier alpha value is -0.270. The highest BCUT2D eigenvalue weighted by molar-refractivity contribution is 9.08. The van der Waals surface area contributed by atoms with Gasteiger partial charge < -0.3 is 0 Å². The molecule has 15 heavy (non-hydrogen) atoms. The Balaban J connectivity index is 3.35. The van der Waals surface area contributed by atoms with Crippen molar-refractivity contribution >= 4 is 35.7 Å². The average Bonchev–Trinajstić information content (AvgIpc) is 2.15. The van der Waals surface area contributed by atoms with Gasteiger partial charge in [0, 0.05) is 27.8 Å². The third kappa shape index (κ3) is 3.09. The first kappa shape index (κ1) is 12.8. The van der Waals surface area contributed by atoms with E-state index in [1.54, 1.807) is 0 Å². The van der Waals surface area contributed by atoms with Crippen LogP contribution in [0.25, 0.3) is 0 Å². The molecule has 0 unspecified atom stereocenters. The number of nitrogens with zero attached hydrogens (tertiary/aromatic N) is 1. The molecule has 1 aromatic heterocycles. The molecule has 0 aliphatic heterocycles. The van der Waals surface area contributed by atoms with Crippen LogP contribution in [0.15, 0.2) is 17.3 Å². The minimum absolute atomic E-state index is 0.169. The van der Waals surface area contributed by atoms with Crippen molar-refractivity contribution < 1.29 is 17.2 Å². The van der Waals surface area contributed by atoms with Crippen molar-refractivity contribution in [3.05, 3.63) is 23.4 Å². The second kappa shape index (κ2) is 4.71. The van der Waals surface area contributed by atoms with Gasteiger partial charge in [0.05, 0.1) is 0 Å². The standard InChI is InChI=1S/C7H5BrClF2NO2S/c8-2-4-3-12-6(15(9,13)14)1-5(4)7(10)11/h1,3,7H,2H2. The van der Waals surface area contributed by atoms with Crippen molar-refractivity contribution in [2.24, 2.45) is 0 Å². The van der Waals surface area contributed by atoms with E-state index < -0.39 is 20.5 Å². The van der Waals surface area contributed by atoms with E-state index in [1.165, 1.54) is 0 Å². The van der Waals surface area contributed by atoms with Gasteiger partial charge in [0.25, 0.3) is 15.5 Å². The summed E-state index contributed by atoms with van der Waals surface area (Å²) in [5.74, 6) is 0. The summed E-state index contributed by atoms with van der Waals surface area (Å²) in [7, 11) is 0.912. The molecular formula is C7H5BrClF2NO2S. The van der Waals surface area contributed by atoms with Crippen LogP contribution in [0.5, 0.6) is 0 Å². The monoisotopic (exact) mass is 319 g/mol. The Morgan fingerprint density at radius 1 is 1.53 bits per heavy atom. The van der Waals surface area contributed by atoms with Crippen molar-refractivity contribution in [2.75, 3.05) is 0 Å². The summed E-state index contributed by atoms with van der Waals surface area (Å²) < 4.78 is 46.7. The van der Waals surface area contributed by atoms with Gasteiger partial charge in [0.2, 0.25) is 0 Å². The van der Waals surface area contributed by atoms with E-state index in [1.807, 2.05) is 0 Å². The normalized spacial score (nSPS) is 12.1. The first-order chi connectivity index (χ1) is 6.86. The number of hydrogen-bond acceptors (Lipinski definition) is 3. The van der Waals surface area contributed by atoms with Crippen LogP contribution in [0.2, 0.25) is 0 Å². The van der Waals surface area contributed by atoms with Gasteiger partial charge in [-0.3, -0.25) is 0 Å². The smallest absolute Gasteiger partial charge is 0.243 e. The van der Waals surface area contributed by atoms with Crippen LogP contribution in [0.4, 0.5) is 8.78 Å². The van der Waals surface area contributed by atoms with Gasteiger partial charge in [0.15, 0.2) is 5.03 Å². The first-order valence-corrected chi connectivity index (χ1v) is 7.07. The quantitative estimate of drug-likeness (QED) is 0.635. The Bertz CT molecular complexity index is 466. The third-order valence-corrected chi connectivity index (χ3v) is 3.43. The molecule has 1 aromatic rings. The highest BCUT2D eigenvalue weighted by Gasteiger charge is 2.19. The van der Waals surface area contributed by atoms with Gasteiger partial charge in [-0.25, -0.2) is 22.2 Å². The third-order valence-electron chi connectivity index (χ3n) is 1.63. The number of aromatic nitrogens is 1. The average molecular weight is 321 g/mol. The van der Waals surface area contributed by atoms with Crippen molar-refractivity contribution in [3.63, 3.8) is 0 Å². The summed E-state index contributed by atoms with van der Waals surface area (Å²) in [4.78, 5) is 3.48. The Labute approximate surface area is 98.0 Å². The van der Waals surface area contributed by atoms with Gasteiger partial charge in [-0.05, 0) is 11.6 Å². The van der Waals surface area contributed by atoms with E-state index in [4.69, 9.17) is 10.7 Å². The molecule has 84 valence electrons. The van der Waals surface area contributed by atoms with Crippen molar-refractivity contribution in [1.29, 1.82) is 0 Å². The van der Waals surface area contributed by atoms with Crippen LogP contribution in [-0.2, 0) is 14.4 Å². The summed E-state index contributed by atoms with van der Waals surface area (Å²) >= 11 is 3.00. The number of hydrogen-bond donors (Lipinski definition) is 0. The summed E-state index contributed by atoms with van der Waals surface area (Å²) in [6.45, 7) is 0. The number of alkyl halides is 3. The number of pyridine rings is 1. The molecule has 3 nitrogen and oxygen atoms in total. The van der Waals surface area contributed by atoms with Gasteiger partial charge >= 0.3 is 0 Å². The van der Waals surface area contributed by atoms with Crippen LogP contribution < -0.4 is 0 Å². The summed E-state index contributed by atoms with van der Waals surface area (Å²) in [6, 6.07) is 0.781. The predicted octanol–water partition coefficient (Wildman–Crippen LogP) is 2.84. The fourth-order valence-electron chi connectivity index (χ4n) is 0.927. The minimum Gasteiger partial charge on any atom is -0.243 e. The highest BCUT2D eigenvalue weighted by atomic mass is 79.9. The molecule has 0 fully saturated rings. The zero-order chi connectivity index (χ0) is 11.6. The van der Waals surface area contributed by atoms with Gasteiger partial charge in [-0.1, -0.05) is 15.9 Å². The fraction of sp³-hybridized carbons (Fsp3) is 0.286. The lowest BCUT2D eigenvalue weighted by molar-refractivity contribution is 0.150. The second-order valence-electron chi connectivity index (χ2n) is 2.59. The van der Waals surface area contributed by atoms with Crippen molar-refractivity contribution in [1.82, 2.24) is 4.98 Å². The zero-order valence-electron chi connectivity index (χ0n) is 7.12. The minimum atomic E-state index is -4.07. The molecule has 1 heterocycles. The van der Waals surface area contributed by atoms with Gasteiger partial charge in [0.1, 0.15) is 0 Å². The fourth-order valence-corrected chi connectivity index (χ4v) is 2.10. The van der Waals surface area contributed by atoms with Crippen LogP contribution in [0.1, 0.15) is 17.6 Å². The second-order valence-corrected chi connectivity index (χ2v) is 5.67. The Morgan fingerprint density at radius 2 is 2.13 bits per heavy atom. The molecule has 0 aliphatic carbocycles. The maximum Gasteiger partial charge on any atom is 0.278 e. The Kier molecular flexibility index (Phi) is 4.02. The molecule has 0 aliphatic rings. The Morgan fingerprint density at radius 3 is 2.53 bits per heavy atom. The van der Waals surface area contributed by atoms with E-state index >= 15 is 0 Å². The lowest BCUT2D eigenvalue weighted by atomic mass is 10.2. The van der Waals surface area contributed by atoms with E-state index in [2.05, 4.69) is 20.9 Å². The van der Waals surface area contributed by atoms with Gasteiger partial charge in [-0.2, -0.15) is 0 Å². The van der Waals surface area contributed by atoms with E-state index in [0.717, 1.165) is 12.3 Å². The van der Waals surface area contributed by atoms with Gasteiger partial charge in [-0.15, -0.1) is 0 Å². The molecule has 0 N–H and O–H groups in total. The molecule has 0 bridgehead atoms. The summed E-state index contributed by atoms with van der Waals surface area (Å²) in [6.07, 6.45) is -1.70. The summed E-state index contributed by atoms with van der Waals surface area (Å²) in [5, 5.41) is -0.397. The molecule has 0 atom stereocenters. The number of halogens is 4. The molecule has 0 aromatic carbocycles. The number of rotatable bonds is 3. The largest absolute Gasteiger partial charge is 0.278 e. The van der Waals surface area contributed by atoms with Crippen molar-refractivity contribution in [2.45, 2.75) is 16.8 Å². The topological polar surface area (TPSA) is 47.0 Å². The zero-order valence-corrected chi connectivity index (χ0v) is 10.3. The lowest BCUT2D eigenvalue weighted by Crippen LogP contribution is -2.00. The highest BCUT2D eigenvalue weighted by Crippen LogP contribution is 2.26. The molecule has 0 spiro atoms. The lowest BCUT2D eigenvalue weighted by Gasteiger charge is -2.06. The van der Waals surface area contributed by atoms with E-state index in [-0.39, 0.29) is 16.5 Å². The summed E-state index contributed by atoms with van der Waals surface area (Å²) in [5.41, 5.74) is -0.157. The maximum absolute atomic E-state index is 12.5. The van der Waals surface area contributed by atoms with Crippen LogP contribution in [0.3, 0.4) is 0 Å².